The molecule has 1 fully saturated rings. The molecule has 1 saturated heterocycles. The second kappa shape index (κ2) is 8.30. The molecule has 1 atom stereocenters. The number of carbonyl (C=O) groups is 1. The van der Waals surface area contributed by atoms with Crippen LogP contribution in [0.2, 0.25) is 0 Å². The van der Waals surface area contributed by atoms with E-state index in [0.29, 0.717) is 25.7 Å². The lowest BCUT2D eigenvalue weighted by molar-refractivity contribution is -0.120. The molecule has 1 aliphatic heterocycles. The molecule has 0 saturated carbocycles. The zero-order chi connectivity index (χ0) is 11.6. The van der Waals surface area contributed by atoms with Gasteiger partial charge in [-0.25, -0.2) is 0 Å². The number of nitrogens with one attached hydrogen (secondary N) is 2. The van der Waals surface area contributed by atoms with Crippen LogP contribution in [0.5, 0.6) is 0 Å². The van der Waals surface area contributed by atoms with E-state index in [9.17, 15) is 4.79 Å². The van der Waals surface area contributed by atoms with E-state index in [2.05, 4.69) is 17.2 Å². The van der Waals surface area contributed by atoms with E-state index in [-0.39, 0.29) is 5.91 Å². The van der Waals surface area contributed by atoms with Crippen LogP contribution in [-0.4, -0.2) is 38.3 Å². The quantitative estimate of drug-likeness (QED) is 0.499. The monoisotopic (exact) mass is 226 g/mol. The van der Waals surface area contributed by atoms with Crippen molar-refractivity contribution in [3.8, 4) is 0 Å². The molecule has 1 aliphatic rings. The predicted molar refractivity (Wildman–Crippen MR) is 64.3 cm³/mol. The number of hydrogen-bond acceptors (Lipinski definition) is 3. The molecule has 0 spiro atoms. The number of carbonyl (C=O) groups excluding carboxylic acids is 1. The van der Waals surface area contributed by atoms with Gasteiger partial charge in [-0.15, -0.1) is 6.58 Å². The maximum absolute atomic E-state index is 11.3. The first-order valence-corrected chi connectivity index (χ1v) is 6.03. The molecule has 16 heavy (non-hydrogen) atoms. The van der Waals surface area contributed by atoms with E-state index in [4.69, 9.17) is 4.74 Å². The Morgan fingerprint density at radius 1 is 1.50 bits per heavy atom. The summed E-state index contributed by atoms with van der Waals surface area (Å²) < 4.78 is 5.58. The standard InChI is InChI=1S/C12H22N2O2/c1-2-7-13-10-12(15)14-8-6-11-5-3-4-9-16-11/h2,11,13H,1,3-10H2,(H,14,15). The maximum atomic E-state index is 11.3. The van der Waals surface area contributed by atoms with Crippen LogP contribution >= 0.6 is 0 Å². The van der Waals surface area contributed by atoms with E-state index >= 15 is 0 Å². The summed E-state index contributed by atoms with van der Waals surface area (Å²) in [6.45, 7) is 6.18. The Morgan fingerprint density at radius 3 is 3.06 bits per heavy atom. The largest absolute Gasteiger partial charge is 0.378 e. The van der Waals surface area contributed by atoms with Crippen LogP contribution in [0, 0.1) is 0 Å². The van der Waals surface area contributed by atoms with E-state index in [1.54, 1.807) is 6.08 Å². The van der Waals surface area contributed by atoms with Crippen LogP contribution in [0.3, 0.4) is 0 Å². The van der Waals surface area contributed by atoms with Gasteiger partial charge < -0.3 is 15.4 Å². The molecule has 4 nitrogen and oxygen atoms in total. The van der Waals surface area contributed by atoms with Crippen LogP contribution in [0.1, 0.15) is 25.7 Å². The highest BCUT2D eigenvalue weighted by Gasteiger charge is 2.13. The summed E-state index contributed by atoms with van der Waals surface area (Å²) in [7, 11) is 0. The number of hydrogen-bond donors (Lipinski definition) is 2. The summed E-state index contributed by atoms with van der Waals surface area (Å²) in [6, 6.07) is 0. The van der Waals surface area contributed by atoms with Gasteiger partial charge in [-0.05, 0) is 25.7 Å². The number of amides is 1. The molecule has 0 aromatic heterocycles. The Hall–Kier alpha value is -0.870. The van der Waals surface area contributed by atoms with Gasteiger partial charge in [-0.2, -0.15) is 0 Å². The van der Waals surface area contributed by atoms with Gasteiger partial charge in [-0.3, -0.25) is 4.79 Å². The molecule has 0 bridgehead atoms. The smallest absolute Gasteiger partial charge is 0.233 e. The Kier molecular flexibility index (Phi) is 6.85. The summed E-state index contributed by atoms with van der Waals surface area (Å²) in [5, 5.41) is 5.84. The normalized spacial score (nSPS) is 20.4. The second-order valence-corrected chi connectivity index (χ2v) is 4.05. The van der Waals surface area contributed by atoms with Crippen molar-refractivity contribution >= 4 is 5.91 Å². The van der Waals surface area contributed by atoms with Gasteiger partial charge in [0.05, 0.1) is 12.6 Å². The Balaban J connectivity index is 1.96. The van der Waals surface area contributed by atoms with Gasteiger partial charge in [-0.1, -0.05) is 6.08 Å². The summed E-state index contributed by atoms with van der Waals surface area (Å²) in [4.78, 5) is 11.3. The van der Waals surface area contributed by atoms with Crippen molar-refractivity contribution in [2.45, 2.75) is 31.8 Å². The van der Waals surface area contributed by atoms with E-state index in [1.807, 2.05) is 0 Å². The Morgan fingerprint density at radius 2 is 2.38 bits per heavy atom. The molecule has 4 heteroatoms. The number of rotatable bonds is 7. The first-order chi connectivity index (χ1) is 7.83. The third kappa shape index (κ3) is 5.88. The van der Waals surface area contributed by atoms with Crippen molar-refractivity contribution in [1.29, 1.82) is 0 Å². The first kappa shape index (κ1) is 13.2. The van der Waals surface area contributed by atoms with E-state index < -0.39 is 0 Å². The van der Waals surface area contributed by atoms with Gasteiger partial charge in [0.2, 0.25) is 5.91 Å². The van der Waals surface area contributed by atoms with Crippen LogP contribution in [0.4, 0.5) is 0 Å². The Labute approximate surface area is 97.4 Å². The summed E-state index contributed by atoms with van der Waals surface area (Å²) >= 11 is 0. The molecule has 1 rings (SSSR count). The summed E-state index contributed by atoms with van der Waals surface area (Å²) in [5.41, 5.74) is 0. The zero-order valence-corrected chi connectivity index (χ0v) is 9.84. The van der Waals surface area contributed by atoms with Gasteiger partial charge >= 0.3 is 0 Å². The van der Waals surface area contributed by atoms with Gasteiger partial charge in [0.25, 0.3) is 0 Å². The second-order valence-electron chi connectivity index (χ2n) is 4.05. The molecule has 0 aromatic rings. The van der Waals surface area contributed by atoms with Gasteiger partial charge in [0, 0.05) is 19.7 Å². The minimum absolute atomic E-state index is 0.0395. The molecule has 92 valence electrons. The van der Waals surface area contributed by atoms with Gasteiger partial charge in [0.1, 0.15) is 0 Å². The molecule has 1 unspecified atom stereocenters. The predicted octanol–water partition coefficient (Wildman–Crippen LogP) is 0.837. The molecular weight excluding hydrogens is 204 g/mol. The van der Waals surface area contributed by atoms with Crippen molar-refractivity contribution < 1.29 is 9.53 Å². The van der Waals surface area contributed by atoms with E-state index in [0.717, 1.165) is 19.4 Å². The molecule has 2 N–H and O–H groups in total. The molecule has 0 radical (unpaired) electrons. The Bertz CT molecular complexity index is 213. The average Bonchev–Trinajstić information content (AvgIpc) is 2.31. The van der Waals surface area contributed by atoms with Crippen molar-refractivity contribution in [1.82, 2.24) is 10.6 Å². The minimum atomic E-state index is 0.0395. The third-order valence-electron chi connectivity index (χ3n) is 2.64. The van der Waals surface area contributed by atoms with Gasteiger partial charge in [0.15, 0.2) is 0 Å². The molecule has 1 heterocycles. The van der Waals surface area contributed by atoms with Crippen LogP contribution in [0.15, 0.2) is 12.7 Å². The minimum Gasteiger partial charge on any atom is -0.378 e. The van der Waals surface area contributed by atoms with E-state index in [1.165, 1.54) is 12.8 Å². The first-order valence-electron chi connectivity index (χ1n) is 6.03. The van der Waals surface area contributed by atoms with Crippen molar-refractivity contribution in [3.63, 3.8) is 0 Å². The summed E-state index contributed by atoms with van der Waals surface area (Å²) in [6.07, 6.45) is 6.56. The van der Waals surface area contributed by atoms with Crippen molar-refractivity contribution in [2.75, 3.05) is 26.2 Å². The lowest BCUT2D eigenvalue weighted by Crippen LogP contribution is -2.36. The van der Waals surface area contributed by atoms with Crippen molar-refractivity contribution in [2.24, 2.45) is 0 Å². The third-order valence-corrected chi connectivity index (χ3v) is 2.64. The molecule has 1 amide bonds. The van der Waals surface area contributed by atoms with Crippen molar-refractivity contribution in [3.05, 3.63) is 12.7 Å². The number of ether oxygens (including phenoxy) is 1. The highest BCUT2D eigenvalue weighted by Crippen LogP contribution is 2.14. The molecular formula is C12H22N2O2. The van der Waals surface area contributed by atoms with Crippen LogP contribution in [0.25, 0.3) is 0 Å². The fourth-order valence-corrected chi connectivity index (χ4v) is 1.76. The summed E-state index contributed by atoms with van der Waals surface area (Å²) in [5.74, 6) is 0.0395. The molecule has 0 aliphatic carbocycles. The SMILES string of the molecule is C=CCNCC(=O)NCCC1CCCCO1. The van der Waals surface area contributed by atoms with Crippen LogP contribution < -0.4 is 10.6 Å². The zero-order valence-electron chi connectivity index (χ0n) is 9.84. The lowest BCUT2D eigenvalue weighted by atomic mass is 10.1. The highest BCUT2D eigenvalue weighted by atomic mass is 16.5. The fraction of sp³-hybridized carbons (Fsp3) is 0.750. The topological polar surface area (TPSA) is 50.4 Å². The molecule has 0 aromatic carbocycles. The van der Waals surface area contributed by atoms with Crippen LogP contribution in [-0.2, 0) is 9.53 Å². The maximum Gasteiger partial charge on any atom is 0.233 e. The average molecular weight is 226 g/mol. The fourth-order valence-electron chi connectivity index (χ4n) is 1.76. The lowest BCUT2D eigenvalue weighted by Gasteiger charge is -2.22. The highest BCUT2D eigenvalue weighted by molar-refractivity contribution is 5.77.